The van der Waals surface area contributed by atoms with Gasteiger partial charge in [0.25, 0.3) is 0 Å². The van der Waals surface area contributed by atoms with Crippen molar-refractivity contribution in [2.75, 3.05) is 26.2 Å². The molecule has 2 unspecified atom stereocenters. The highest BCUT2D eigenvalue weighted by Gasteiger charge is 2.30. The Morgan fingerprint density at radius 2 is 2.05 bits per heavy atom. The Balaban J connectivity index is 1.68. The van der Waals surface area contributed by atoms with Gasteiger partial charge in [-0.3, -0.25) is 0 Å². The van der Waals surface area contributed by atoms with Crippen molar-refractivity contribution in [2.45, 2.75) is 39.2 Å². The van der Waals surface area contributed by atoms with Crippen LogP contribution >= 0.6 is 0 Å². The van der Waals surface area contributed by atoms with Gasteiger partial charge in [-0.25, -0.2) is 0 Å². The molecule has 2 aliphatic rings. The minimum absolute atomic E-state index is 0.111. The van der Waals surface area contributed by atoms with Crippen LogP contribution in [0.25, 0.3) is 0 Å². The van der Waals surface area contributed by atoms with Crippen molar-refractivity contribution in [1.82, 2.24) is 4.90 Å². The average Bonchev–Trinajstić information content (AvgIpc) is 2.52. The van der Waals surface area contributed by atoms with Gasteiger partial charge in [-0.15, -0.1) is 0 Å². The molecule has 2 aliphatic heterocycles. The lowest BCUT2D eigenvalue weighted by molar-refractivity contribution is 0.114. The van der Waals surface area contributed by atoms with Gasteiger partial charge in [0.1, 0.15) is 5.75 Å². The van der Waals surface area contributed by atoms with E-state index in [0.717, 1.165) is 31.2 Å². The number of nitrogens with zero attached hydrogens (tertiary/aromatic N) is 1. The van der Waals surface area contributed by atoms with Crippen LogP contribution in [0.2, 0.25) is 0 Å². The predicted molar refractivity (Wildman–Crippen MR) is 86.6 cm³/mol. The number of fused-ring (bicyclic) bond motifs is 1. The number of rotatable bonds is 3. The SMILES string of the molecule is CCc1ccc2c(c1)C(N)C(CN1CCC(C)CC1)CO2. The quantitative estimate of drug-likeness (QED) is 0.929. The number of likely N-dealkylation sites (tertiary alicyclic amines) is 1. The molecule has 116 valence electrons. The molecule has 3 nitrogen and oxygen atoms in total. The number of nitrogens with two attached hydrogens (primary N) is 1. The largest absolute Gasteiger partial charge is 0.493 e. The lowest BCUT2D eigenvalue weighted by Crippen LogP contribution is -2.43. The zero-order valence-electron chi connectivity index (χ0n) is 13.3. The van der Waals surface area contributed by atoms with Crippen molar-refractivity contribution in [3.05, 3.63) is 29.3 Å². The Bertz CT molecular complexity index is 480. The van der Waals surface area contributed by atoms with Gasteiger partial charge < -0.3 is 15.4 Å². The second-order valence-electron chi connectivity index (χ2n) is 6.81. The van der Waals surface area contributed by atoms with E-state index in [1.165, 1.54) is 37.1 Å². The summed E-state index contributed by atoms with van der Waals surface area (Å²) >= 11 is 0. The monoisotopic (exact) mass is 288 g/mol. The first kappa shape index (κ1) is 14.9. The van der Waals surface area contributed by atoms with Gasteiger partial charge in [-0.2, -0.15) is 0 Å². The summed E-state index contributed by atoms with van der Waals surface area (Å²) in [6.07, 6.45) is 3.69. The third-order valence-electron chi connectivity index (χ3n) is 5.17. The molecule has 21 heavy (non-hydrogen) atoms. The third-order valence-corrected chi connectivity index (χ3v) is 5.17. The first-order valence-electron chi connectivity index (χ1n) is 8.41. The van der Waals surface area contributed by atoms with E-state index in [-0.39, 0.29) is 6.04 Å². The molecule has 3 heteroatoms. The first-order chi connectivity index (χ1) is 10.2. The second kappa shape index (κ2) is 6.37. The molecule has 0 spiro atoms. The lowest BCUT2D eigenvalue weighted by atomic mass is 9.88. The Hall–Kier alpha value is -1.06. The molecule has 3 rings (SSSR count). The average molecular weight is 288 g/mol. The highest BCUT2D eigenvalue weighted by Crippen LogP contribution is 2.35. The summed E-state index contributed by atoms with van der Waals surface area (Å²) in [5.74, 6) is 2.28. The van der Waals surface area contributed by atoms with Crippen LogP contribution in [0.4, 0.5) is 0 Å². The summed E-state index contributed by atoms with van der Waals surface area (Å²) in [6, 6.07) is 6.59. The molecular formula is C18H28N2O. The number of aryl methyl sites for hydroxylation is 1. The maximum absolute atomic E-state index is 6.55. The molecule has 0 aromatic heterocycles. The van der Waals surface area contributed by atoms with Crippen molar-refractivity contribution < 1.29 is 4.74 Å². The van der Waals surface area contributed by atoms with Crippen molar-refractivity contribution in [3.8, 4) is 5.75 Å². The number of hydrogen-bond donors (Lipinski definition) is 1. The van der Waals surface area contributed by atoms with Gasteiger partial charge in [-0.1, -0.05) is 26.0 Å². The molecule has 2 heterocycles. The molecule has 1 saturated heterocycles. The van der Waals surface area contributed by atoms with Crippen LogP contribution in [-0.4, -0.2) is 31.1 Å². The van der Waals surface area contributed by atoms with Crippen molar-refractivity contribution in [1.29, 1.82) is 0 Å². The molecule has 2 atom stereocenters. The number of piperidine rings is 1. The molecule has 0 aliphatic carbocycles. The van der Waals surface area contributed by atoms with E-state index in [9.17, 15) is 0 Å². The summed E-state index contributed by atoms with van der Waals surface area (Å²) in [7, 11) is 0. The van der Waals surface area contributed by atoms with Crippen LogP contribution < -0.4 is 10.5 Å². The minimum Gasteiger partial charge on any atom is -0.493 e. The smallest absolute Gasteiger partial charge is 0.124 e. The van der Waals surface area contributed by atoms with Crippen molar-refractivity contribution >= 4 is 0 Å². The zero-order valence-corrected chi connectivity index (χ0v) is 13.3. The molecule has 1 aromatic carbocycles. The van der Waals surface area contributed by atoms with Crippen molar-refractivity contribution in [3.63, 3.8) is 0 Å². The fraction of sp³-hybridized carbons (Fsp3) is 0.667. The van der Waals surface area contributed by atoms with E-state index in [1.807, 2.05) is 0 Å². The van der Waals surface area contributed by atoms with Gasteiger partial charge in [-0.05, 0) is 49.9 Å². The fourth-order valence-electron chi connectivity index (χ4n) is 3.51. The van der Waals surface area contributed by atoms with Crippen LogP contribution in [0.3, 0.4) is 0 Å². The van der Waals surface area contributed by atoms with Gasteiger partial charge in [0.15, 0.2) is 0 Å². The van der Waals surface area contributed by atoms with E-state index in [2.05, 4.69) is 36.9 Å². The van der Waals surface area contributed by atoms with E-state index < -0.39 is 0 Å². The standard InChI is InChI=1S/C18H28N2O/c1-3-14-4-5-17-16(10-14)18(19)15(12-21-17)11-20-8-6-13(2)7-9-20/h4-5,10,13,15,18H,3,6-9,11-12,19H2,1-2H3. The maximum atomic E-state index is 6.55. The number of hydrogen-bond acceptors (Lipinski definition) is 3. The van der Waals surface area contributed by atoms with Gasteiger partial charge in [0, 0.05) is 24.1 Å². The number of ether oxygens (including phenoxy) is 1. The maximum Gasteiger partial charge on any atom is 0.124 e. The molecule has 0 amide bonds. The Morgan fingerprint density at radius 1 is 1.29 bits per heavy atom. The van der Waals surface area contributed by atoms with Crippen LogP contribution in [0, 0.1) is 11.8 Å². The van der Waals surface area contributed by atoms with Crippen molar-refractivity contribution in [2.24, 2.45) is 17.6 Å². The van der Waals surface area contributed by atoms with Crippen LogP contribution in [0.15, 0.2) is 18.2 Å². The van der Waals surface area contributed by atoms with Crippen LogP contribution in [0.1, 0.15) is 43.9 Å². The van der Waals surface area contributed by atoms with E-state index in [4.69, 9.17) is 10.5 Å². The van der Waals surface area contributed by atoms with E-state index in [0.29, 0.717) is 5.92 Å². The molecular weight excluding hydrogens is 260 g/mol. The van der Waals surface area contributed by atoms with Gasteiger partial charge in [0.05, 0.1) is 6.61 Å². The van der Waals surface area contributed by atoms with Gasteiger partial charge >= 0.3 is 0 Å². The highest BCUT2D eigenvalue weighted by molar-refractivity contribution is 5.41. The summed E-state index contributed by atoms with van der Waals surface area (Å²) in [5.41, 5.74) is 9.10. The fourth-order valence-corrected chi connectivity index (χ4v) is 3.51. The Morgan fingerprint density at radius 3 is 2.76 bits per heavy atom. The molecule has 0 saturated carbocycles. The molecule has 1 aromatic rings. The topological polar surface area (TPSA) is 38.5 Å². The molecule has 0 bridgehead atoms. The van der Waals surface area contributed by atoms with E-state index in [1.54, 1.807) is 0 Å². The highest BCUT2D eigenvalue weighted by atomic mass is 16.5. The normalized spacial score (nSPS) is 27.2. The van der Waals surface area contributed by atoms with E-state index >= 15 is 0 Å². The molecule has 0 radical (unpaired) electrons. The van der Waals surface area contributed by atoms with Crippen LogP contribution in [0.5, 0.6) is 5.75 Å². The first-order valence-corrected chi connectivity index (χ1v) is 8.41. The number of benzene rings is 1. The van der Waals surface area contributed by atoms with Crippen LogP contribution in [-0.2, 0) is 6.42 Å². The third kappa shape index (κ3) is 3.24. The Kier molecular flexibility index (Phi) is 4.51. The second-order valence-corrected chi connectivity index (χ2v) is 6.81. The minimum atomic E-state index is 0.111. The summed E-state index contributed by atoms with van der Waals surface area (Å²) < 4.78 is 5.96. The summed E-state index contributed by atoms with van der Waals surface area (Å²) in [6.45, 7) is 8.80. The lowest BCUT2D eigenvalue weighted by Gasteiger charge is -2.37. The molecule has 1 fully saturated rings. The van der Waals surface area contributed by atoms with Gasteiger partial charge in [0.2, 0.25) is 0 Å². The summed E-state index contributed by atoms with van der Waals surface area (Å²) in [5, 5.41) is 0. The summed E-state index contributed by atoms with van der Waals surface area (Å²) in [4.78, 5) is 2.57. The molecule has 2 N–H and O–H groups in total. The zero-order chi connectivity index (χ0) is 14.8. The Labute approximate surface area is 128 Å². The predicted octanol–water partition coefficient (Wildman–Crippen LogP) is 2.99.